The minimum absolute atomic E-state index is 0.0865. The van der Waals surface area contributed by atoms with Crippen molar-refractivity contribution in [3.05, 3.63) is 69.3 Å². The first-order valence-corrected chi connectivity index (χ1v) is 10.6. The Bertz CT molecular complexity index is 1030. The van der Waals surface area contributed by atoms with Crippen LogP contribution < -0.4 is 10.2 Å². The van der Waals surface area contributed by atoms with Gasteiger partial charge in [-0.15, -0.1) is 11.6 Å². The second kappa shape index (κ2) is 11.1. The molecule has 0 aliphatic heterocycles. The van der Waals surface area contributed by atoms with E-state index in [-0.39, 0.29) is 35.9 Å². The van der Waals surface area contributed by atoms with Crippen LogP contribution in [0.3, 0.4) is 0 Å². The van der Waals surface area contributed by atoms with E-state index in [1.165, 1.54) is 30.3 Å². The van der Waals surface area contributed by atoms with Crippen LogP contribution in [0.2, 0.25) is 0 Å². The van der Waals surface area contributed by atoms with Crippen molar-refractivity contribution in [1.29, 1.82) is 0 Å². The maximum absolute atomic E-state index is 13.5. The largest absolute Gasteiger partial charge is 0.416 e. The number of nitro benzene ring substituents is 1. The normalized spacial score (nSPS) is 11.4. The molecule has 0 radical (unpaired) electrons. The molecule has 2 aromatic carbocycles. The lowest BCUT2D eigenvalue weighted by molar-refractivity contribution is -0.384. The third kappa shape index (κ3) is 7.45. The molecule has 0 aliphatic carbocycles. The molecule has 2 aromatic rings. The average Bonchev–Trinajstić information content (AvgIpc) is 2.76. The third-order valence-corrected chi connectivity index (χ3v) is 4.97. The summed E-state index contributed by atoms with van der Waals surface area (Å²) in [5.41, 5.74) is -1.25. The highest BCUT2D eigenvalue weighted by molar-refractivity contribution is 6.29. The number of anilines is 1. The standard InChI is InChI=1S/C22H23ClF3N3O4/c1-14(2)6-7-28(20(30)12-23)19-10-16(9-17(11-19)22(24,25)26)21(31)27-13-15-4-3-5-18(8-15)29(32)33/h3-5,8-11,14H,6-7,12-13H2,1-2H3,(H,27,31). The van der Waals surface area contributed by atoms with E-state index in [2.05, 4.69) is 5.32 Å². The number of nitrogens with zero attached hydrogens (tertiary/aromatic N) is 2. The van der Waals surface area contributed by atoms with Crippen molar-refractivity contribution in [3.8, 4) is 0 Å². The van der Waals surface area contributed by atoms with E-state index in [1.807, 2.05) is 13.8 Å². The van der Waals surface area contributed by atoms with Gasteiger partial charge in [-0.3, -0.25) is 19.7 Å². The number of nitro groups is 1. The monoisotopic (exact) mass is 485 g/mol. The van der Waals surface area contributed by atoms with Crippen LogP contribution in [0.1, 0.15) is 41.8 Å². The molecule has 178 valence electrons. The van der Waals surface area contributed by atoms with Crippen molar-refractivity contribution >= 4 is 34.8 Å². The zero-order valence-corrected chi connectivity index (χ0v) is 18.7. The Morgan fingerprint density at radius 1 is 1.18 bits per heavy atom. The lowest BCUT2D eigenvalue weighted by atomic mass is 10.1. The van der Waals surface area contributed by atoms with Crippen LogP contribution in [-0.4, -0.2) is 29.2 Å². The Balaban J connectivity index is 2.36. The van der Waals surface area contributed by atoms with Crippen molar-refractivity contribution in [2.24, 2.45) is 5.92 Å². The van der Waals surface area contributed by atoms with Gasteiger partial charge in [0.2, 0.25) is 5.91 Å². The van der Waals surface area contributed by atoms with Gasteiger partial charge in [0.15, 0.2) is 0 Å². The molecule has 33 heavy (non-hydrogen) atoms. The summed E-state index contributed by atoms with van der Waals surface area (Å²) >= 11 is 5.66. The van der Waals surface area contributed by atoms with Gasteiger partial charge in [0.05, 0.1) is 10.5 Å². The Labute approximate surface area is 193 Å². The number of carbonyl (C=O) groups excluding carboxylic acids is 2. The SMILES string of the molecule is CC(C)CCN(C(=O)CCl)c1cc(C(=O)NCc2cccc([N+](=O)[O-])c2)cc(C(F)(F)F)c1. The number of nitrogens with one attached hydrogen (secondary N) is 1. The van der Waals surface area contributed by atoms with Gasteiger partial charge in [-0.05, 0) is 36.1 Å². The van der Waals surface area contributed by atoms with Crippen LogP contribution in [0.5, 0.6) is 0 Å². The van der Waals surface area contributed by atoms with E-state index >= 15 is 0 Å². The fourth-order valence-electron chi connectivity index (χ4n) is 2.98. The van der Waals surface area contributed by atoms with E-state index < -0.39 is 34.4 Å². The van der Waals surface area contributed by atoms with Crippen molar-refractivity contribution in [2.75, 3.05) is 17.3 Å². The molecule has 2 rings (SSSR count). The summed E-state index contributed by atoms with van der Waals surface area (Å²) in [4.78, 5) is 36.4. The first kappa shape index (κ1) is 26.1. The van der Waals surface area contributed by atoms with Crippen molar-refractivity contribution < 1.29 is 27.7 Å². The van der Waals surface area contributed by atoms with Crippen LogP contribution in [-0.2, 0) is 17.5 Å². The van der Waals surface area contributed by atoms with Gasteiger partial charge in [0.25, 0.3) is 11.6 Å². The van der Waals surface area contributed by atoms with Gasteiger partial charge in [-0.2, -0.15) is 13.2 Å². The summed E-state index contributed by atoms with van der Waals surface area (Å²) in [6.45, 7) is 3.81. The highest BCUT2D eigenvalue weighted by Crippen LogP contribution is 2.33. The molecule has 0 bridgehead atoms. The molecule has 0 heterocycles. The molecule has 0 saturated carbocycles. The van der Waals surface area contributed by atoms with E-state index in [4.69, 9.17) is 11.6 Å². The fourth-order valence-corrected chi connectivity index (χ4v) is 3.13. The Morgan fingerprint density at radius 2 is 1.88 bits per heavy atom. The lowest BCUT2D eigenvalue weighted by Crippen LogP contribution is -2.34. The number of rotatable bonds is 9. The topological polar surface area (TPSA) is 92.6 Å². The van der Waals surface area contributed by atoms with Crippen LogP contribution in [0.25, 0.3) is 0 Å². The van der Waals surface area contributed by atoms with E-state index in [1.54, 1.807) is 0 Å². The number of amides is 2. The summed E-state index contributed by atoms with van der Waals surface area (Å²) in [7, 11) is 0. The molecule has 0 aliphatic rings. The van der Waals surface area contributed by atoms with Crippen LogP contribution in [0.4, 0.5) is 24.5 Å². The van der Waals surface area contributed by atoms with Crippen molar-refractivity contribution in [1.82, 2.24) is 5.32 Å². The van der Waals surface area contributed by atoms with Gasteiger partial charge in [-0.25, -0.2) is 0 Å². The van der Waals surface area contributed by atoms with Crippen molar-refractivity contribution in [3.63, 3.8) is 0 Å². The molecular formula is C22H23ClF3N3O4. The number of alkyl halides is 4. The first-order valence-electron chi connectivity index (χ1n) is 10.0. The smallest absolute Gasteiger partial charge is 0.348 e. The predicted octanol–water partition coefficient (Wildman–Crippen LogP) is 5.16. The molecule has 7 nitrogen and oxygen atoms in total. The van der Waals surface area contributed by atoms with Crippen LogP contribution >= 0.6 is 11.6 Å². The molecule has 11 heteroatoms. The molecule has 1 N–H and O–H groups in total. The molecule has 2 amide bonds. The molecule has 0 aromatic heterocycles. The summed E-state index contributed by atoms with van der Waals surface area (Å²) in [6.07, 6.45) is -4.23. The number of hydrogen-bond acceptors (Lipinski definition) is 4. The molecular weight excluding hydrogens is 463 g/mol. The summed E-state index contributed by atoms with van der Waals surface area (Å²) in [6, 6.07) is 8.21. The molecule has 0 unspecified atom stereocenters. The Hall–Kier alpha value is -3.14. The molecule has 0 atom stereocenters. The van der Waals surface area contributed by atoms with Gasteiger partial charge >= 0.3 is 6.18 Å². The van der Waals surface area contributed by atoms with Crippen LogP contribution in [0.15, 0.2) is 42.5 Å². The van der Waals surface area contributed by atoms with Gasteiger partial charge in [0.1, 0.15) is 5.88 Å². The van der Waals surface area contributed by atoms with Gasteiger partial charge < -0.3 is 10.2 Å². The minimum atomic E-state index is -4.75. The predicted molar refractivity (Wildman–Crippen MR) is 118 cm³/mol. The average molecular weight is 486 g/mol. The van der Waals surface area contributed by atoms with Gasteiger partial charge in [0, 0.05) is 36.5 Å². The maximum Gasteiger partial charge on any atom is 0.416 e. The molecule has 0 saturated heterocycles. The minimum Gasteiger partial charge on any atom is -0.348 e. The van der Waals surface area contributed by atoms with E-state index in [9.17, 15) is 32.9 Å². The lowest BCUT2D eigenvalue weighted by Gasteiger charge is -2.24. The quantitative estimate of drug-likeness (QED) is 0.301. The molecule has 0 spiro atoms. The summed E-state index contributed by atoms with van der Waals surface area (Å²) in [5, 5.41) is 13.4. The third-order valence-electron chi connectivity index (χ3n) is 4.74. The summed E-state index contributed by atoms with van der Waals surface area (Å²) in [5.74, 6) is -1.66. The number of benzene rings is 2. The second-order valence-electron chi connectivity index (χ2n) is 7.74. The highest BCUT2D eigenvalue weighted by Gasteiger charge is 2.33. The Kier molecular flexibility index (Phi) is 8.81. The van der Waals surface area contributed by atoms with Gasteiger partial charge in [-0.1, -0.05) is 26.0 Å². The number of halogens is 4. The highest BCUT2D eigenvalue weighted by atomic mass is 35.5. The second-order valence-corrected chi connectivity index (χ2v) is 8.00. The van der Waals surface area contributed by atoms with E-state index in [0.29, 0.717) is 18.1 Å². The fraction of sp³-hybridized carbons (Fsp3) is 0.364. The number of hydrogen-bond donors (Lipinski definition) is 1. The number of carbonyl (C=O) groups is 2. The summed E-state index contributed by atoms with van der Waals surface area (Å²) < 4.78 is 40.6. The first-order chi connectivity index (χ1) is 15.4. The maximum atomic E-state index is 13.5. The Morgan fingerprint density at radius 3 is 2.45 bits per heavy atom. The van der Waals surface area contributed by atoms with E-state index in [0.717, 1.165) is 11.0 Å². The number of non-ortho nitro benzene ring substituents is 1. The molecule has 0 fully saturated rings. The van der Waals surface area contributed by atoms with Crippen LogP contribution in [0, 0.1) is 16.0 Å². The zero-order chi connectivity index (χ0) is 24.8. The van der Waals surface area contributed by atoms with Crippen molar-refractivity contribution in [2.45, 2.75) is 33.0 Å². The zero-order valence-electron chi connectivity index (χ0n) is 18.0.